The molecule has 0 radical (unpaired) electrons. The molecule has 0 unspecified atom stereocenters. The molecule has 0 aromatic heterocycles. The Morgan fingerprint density at radius 1 is 1.57 bits per heavy atom. The molecule has 2 heteroatoms. The lowest BCUT2D eigenvalue weighted by Crippen LogP contribution is -2.36. The van der Waals surface area contributed by atoms with Crippen LogP contribution in [0.3, 0.4) is 0 Å². The molecule has 0 amide bonds. The maximum Gasteiger partial charge on any atom is 0.101 e. The van der Waals surface area contributed by atoms with Crippen molar-refractivity contribution >= 4 is 0 Å². The second-order valence-electron chi connectivity index (χ2n) is 2.24. The van der Waals surface area contributed by atoms with Crippen molar-refractivity contribution in [3.8, 4) is 0 Å². The third kappa shape index (κ3) is 5.92. The summed E-state index contributed by atoms with van der Waals surface area (Å²) in [5.41, 5.74) is 0. The molecule has 0 fully saturated rings. The highest BCUT2D eigenvalue weighted by molar-refractivity contribution is 4.19. The molecule has 0 bridgehead atoms. The monoisotopic (exact) mass is 109 g/mol. The van der Waals surface area contributed by atoms with Crippen LogP contribution >= 0.6 is 0 Å². The van der Waals surface area contributed by atoms with Crippen LogP contribution in [-0.4, -0.2) is 43.8 Å². The van der Waals surface area contributed by atoms with E-state index in [0.29, 0.717) is 0 Å². The Morgan fingerprint density at radius 2 is 2.00 bits per heavy atom. The first-order valence-corrected chi connectivity index (χ1v) is 2.04. The van der Waals surface area contributed by atoms with E-state index in [2.05, 4.69) is 0 Å². The molecule has 0 aromatic rings. The second-order valence-corrected chi connectivity index (χ2v) is 2.24. The largest absolute Gasteiger partial charge is 0.391 e. The summed E-state index contributed by atoms with van der Waals surface area (Å²) in [4.78, 5) is 0. The van der Waals surface area contributed by atoms with Crippen LogP contribution in [0.15, 0.2) is 0 Å². The molecule has 0 saturated carbocycles. The van der Waals surface area contributed by atoms with Gasteiger partial charge in [0.1, 0.15) is 6.50 Å². The Kier molecular flexibility index (Phi) is 0.804. The van der Waals surface area contributed by atoms with Crippen LogP contribution in [0.4, 0.5) is 0 Å². The number of aliphatic hydroxyl groups is 1. The van der Waals surface area contributed by atoms with Crippen LogP contribution in [0.25, 0.3) is 0 Å². The summed E-state index contributed by atoms with van der Waals surface area (Å²) in [6, 6.07) is 0. The van der Waals surface area contributed by atoms with Crippen molar-refractivity contribution in [2.45, 2.75) is 0 Å². The molecular formula is C5H14NO+. The van der Waals surface area contributed by atoms with E-state index in [-0.39, 0.29) is 4.48 Å². The summed E-state index contributed by atoms with van der Waals surface area (Å²) in [6.45, 7) is -5.11. The number of nitrogens with zero attached hydrogens (tertiary/aromatic N) is 1. The maximum atomic E-state index is 8.82. The quantitative estimate of drug-likeness (QED) is 0.381. The van der Waals surface area contributed by atoms with E-state index >= 15 is 0 Å². The van der Waals surface area contributed by atoms with Crippen LogP contribution in [0, 0.1) is 0 Å². The van der Waals surface area contributed by atoms with Gasteiger partial charge in [-0.05, 0) is 0 Å². The Bertz CT molecular complexity index is 130. The van der Waals surface area contributed by atoms with Crippen LogP contribution in [0.2, 0.25) is 0 Å². The van der Waals surface area contributed by atoms with Crippen LogP contribution in [0.1, 0.15) is 5.48 Å². The average molecular weight is 109 g/mol. The smallest absolute Gasteiger partial charge is 0.101 e. The number of hydrogen-bond donors (Lipinski definition) is 1. The molecule has 44 valence electrons. The summed E-state index contributed by atoms with van der Waals surface area (Å²) in [6.07, 6.45) is 0. The van der Waals surface area contributed by atoms with Crippen molar-refractivity contribution in [2.24, 2.45) is 0 Å². The van der Waals surface area contributed by atoms with E-state index in [9.17, 15) is 0 Å². The van der Waals surface area contributed by atoms with Crippen molar-refractivity contribution < 1.29 is 15.1 Å². The number of likely N-dealkylation sites (N-methyl/N-ethyl adjacent to an activating group) is 1. The fraction of sp³-hybridized carbons (Fsp3) is 1.00. The maximum absolute atomic E-state index is 8.82. The van der Waals surface area contributed by atoms with Gasteiger partial charge >= 0.3 is 0 Å². The van der Waals surface area contributed by atoms with Crippen molar-refractivity contribution in [2.75, 3.05) is 34.2 Å². The van der Waals surface area contributed by atoms with Gasteiger partial charge in [0, 0.05) is 0 Å². The third-order valence-corrected chi connectivity index (χ3v) is 0.385. The zero-order valence-electron chi connectivity index (χ0n) is 8.89. The third-order valence-electron chi connectivity index (χ3n) is 0.385. The molecule has 0 aliphatic heterocycles. The van der Waals surface area contributed by atoms with Gasteiger partial charge in [-0.25, -0.2) is 0 Å². The summed E-state index contributed by atoms with van der Waals surface area (Å²) in [5.74, 6) is 0. The van der Waals surface area contributed by atoms with Crippen molar-refractivity contribution in [1.82, 2.24) is 0 Å². The van der Waals surface area contributed by atoms with E-state index < -0.39 is 13.1 Å². The predicted octanol–water partition coefficient (Wildman–Crippen LogP) is -0.315. The lowest BCUT2D eigenvalue weighted by atomic mass is 10.7. The standard InChI is InChI=1S/C5H14NO/c1-6(2,3)4-5-7/h7H,4-5H2,1-3H3/q+1/i4D2,5+1D2. The lowest BCUT2D eigenvalue weighted by molar-refractivity contribution is -0.870. The van der Waals surface area contributed by atoms with Gasteiger partial charge in [-0.2, -0.15) is 0 Å². The minimum absolute atomic E-state index is 0.281. The first-order valence-electron chi connectivity index (χ1n) is 4.04. The molecule has 2 nitrogen and oxygen atoms in total. The van der Waals surface area contributed by atoms with E-state index in [1.165, 1.54) is 21.1 Å². The highest BCUT2D eigenvalue weighted by Crippen LogP contribution is 1.84. The molecule has 0 aliphatic rings. The molecule has 0 atom stereocenters. The van der Waals surface area contributed by atoms with Crippen molar-refractivity contribution in [3.63, 3.8) is 0 Å². The molecular weight excluding hydrogens is 91.1 g/mol. The number of hydrogen-bond acceptors (Lipinski definition) is 1. The molecule has 1 N–H and O–H groups in total. The Labute approximate surface area is 50.6 Å². The molecule has 7 heavy (non-hydrogen) atoms. The predicted molar refractivity (Wildman–Crippen MR) is 30.0 cm³/mol. The van der Waals surface area contributed by atoms with Crippen molar-refractivity contribution in [3.05, 3.63) is 0 Å². The molecule has 0 aliphatic carbocycles. The van der Waals surface area contributed by atoms with E-state index in [4.69, 9.17) is 10.6 Å². The molecule has 0 aromatic carbocycles. The summed E-state index contributed by atoms with van der Waals surface area (Å²) in [5, 5.41) is 8.82. The molecule has 0 heterocycles. The Balaban J connectivity index is 4.75. The minimum atomic E-state index is -2.81. The Morgan fingerprint density at radius 3 is 2.00 bits per heavy atom. The highest BCUT2D eigenvalue weighted by atomic mass is 16.3. The second kappa shape index (κ2) is 2.28. The van der Waals surface area contributed by atoms with Gasteiger partial charge in [0.25, 0.3) is 0 Å². The first-order chi connectivity index (χ1) is 4.50. The van der Waals surface area contributed by atoms with Crippen molar-refractivity contribution in [1.29, 1.82) is 0 Å². The minimum Gasteiger partial charge on any atom is -0.391 e. The van der Waals surface area contributed by atoms with Gasteiger partial charge in [-0.3, -0.25) is 0 Å². The molecule has 0 rings (SSSR count). The van der Waals surface area contributed by atoms with E-state index in [1.807, 2.05) is 0 Å². The van der Waals surface area contributed by atoms with Gasteiger partial charge in [0.2, 0.25) is 0 Å². The first kappa shape index (κ1) is 2.46. The highest BCUT2D eigenvalue weighted by Gasteiger charge is 2.02. The summed E-state index contributed by atoms with van der Waals surface area (Å²) in [7, 11) is 4.44. The lowest BCUT2D eigenvalue weighted by Gasteiger charge is -2.21. The summed E-state index contributed by atoms with van der Waals surface area (Å²) >= 11 is 0. The average Bonchev–Trinajstić information content (AvgIpc) is 1.58. The van der Waals surface area contributed by atoms with E-state index in [1.54, 1.807) is 0 Å². The topological polar surface area (TPSA) is 20.2 Å². The van der Waals surface area contributed by atoms with Crippen LogP contribution < -0.4 is 0 Å². The number of quaternary nitrogens is 1. The fourth-order valence-electron chi connectivity index (χ4n) is 0.150. The summed E-state index contributed by atoms with van der Waals surface area (Å²) < 4.78 is 27.8. The van der Waals surface area contributed by atoms with Crippen LogP contribution in [-0.2, 0) is 0 Å². The number of rotatable bonds is 2. The van der Waals surface area contributed by atoms with E-state index in [0.717, 1.165) is 0 Å². The zero-order valence-corrected chi connectivity index (χ0v) is 4.89. The van der Waals surface area contributed by atoms with Gasteiger partial charge in [-0.1, -0.05) is 0 Å². The van der Waals surface area contributed by atoms with Gasteiger partial charge in [0.05, 0.1) is 33.2 Å². The fourth-order valence-corrected chi connectivity index (χ4v) is 0.150. The van der Waals surface area contributed by atoms with Gasteiger partial charge < -0.3 is 9.59 Å². The van der Waals surface area contributed by atoms with Gasteiger partial charge in [0.15, 0.2) is 0 Å². The normalized spacial score (nSPS) is 24.6. The van der Waals surface area contributed by atoms with Crippen LogP contribution in [0.5, 0.6) is 0 Å². The molecule has 0 saturated heterocycles. The Hall–Kier alpha value is -0.0800. The molecule has 0 spiro atoms. The van der Waals surface area contributed by atoms with Gasteiger partial charge in [-0.15, -0.1) is 0 Å². The zero-order chi connectivity index (χ0) is 9.50. The SMILES string of the molecule is [2H]C([2H])([13C]([2H])([2H])O)[N+](C)(C)C.